The van der Waals surface area contributed by atoms with Crippen molar-refractivity contribution in [2.75, 3.05) is 23.7 Å². The van der Waals surface area contributed by atoms with E-state index in [2.05, 4.69) is 18.4 Å². The normalized spacial score (nSPS) is 9.62. The highest BCUT2D eigenvalue weighted by atomic mass is 15.1. The van der Waals surface area contributed by atoms with Gasteiger partial charge in [0.05, 0.1) is 0 Å². The molecule has 0 amide bonds. The fourth-order valence-electron chi connectivity index (χ4n) is 1.26. The van der Waals surface area contributed by atoms with Gasteiger partial charge in [-0.3, -0.25) is 0 Å². The second-order valence-electron chi connectivity index (χ2n) is 2.92. The summed E-state index contributed by atoms with van der Waals surface area (Å²) in [5.41, 5.74) is 7.60. The van der Waals surface area contributed by atoms with Crippen molar-refractivity contribution in [3.05, 3.63) is 36.9 Å². The van der Waals surface area contributed by atoms with E-state index in [1.54, 1.807) is 0 Å². The second-order valence-corrected chi connectivity index (χ2v) is 2.92. The van der Waals surface area contributed by atoms with Crippen molar-refractivity contribution in [3.63, 3.8) is 0 Å². The minimum absolute atomic E-state index is 0.804. The Kier molecular flexibility index (Phi) is 3.38. The molecule has 0 unspecified atom stereocenters. The molecule has 0 heterocycles. The zero-order valence-corrected chi connectivity index (χ0v) is 8.03. The summed E-state index contributed by atoms with van der Waals surface area (Å²) in [7, 11) is 0. The van der Waals surface area contributed by atoms with Crippen LogP contribution in [0.25, 0.3) is 0 Å². The molecule has 0 atom stereocenters. The first-order valence-corrected chi connectivity index (χ1v) is 4.49. The van der Waals surface area contributed by atoms with Gasteiger partial charge in [0, 0.05) is 24.5 Å². The van der Waals surface area contributed by atoms with Gasteiger partial charge in [0.2, 0.25) is 0 Å². The molecule has 0 radical (unpaired) electrons. The Labute approximate surface area is 79.7 Å². The van der Waals surface area contributed by atoms with E-state index in [4.69, 9.17) is 5.73 Å². The largest absolute Gasteiger partial charge is 0.399 e. The average molecular weight is 176 g/mol. The van der Waals surface area contributed by atoms with Gasteiger partial charge >= 0.3 is 0 Å². The topological polar surface area (TPSA) is 29.3 Å². The van der Waals surface area contributed by atoms with Gasteiger partial charge in [-0.15, -0.1) is 6.58 Å². The van der Waals surface area contributed by atoms with Crippen LogP contribution in [0.3, 0.4) is 0 Å². The maximum absolute atomic E-state index is 5.60. The van der Waals surface area contributed by atoms with Crippen LogP contribution in [0.5, 0.6) is 0 Å². The van der Waals surface area contributed by atoms with Crippen LogP contribution in [-0.2, 0) is 0 Å². The molecule has 1 aromatic rings. The summed E-state index contributed by atoms with van der Waals surface area (Å²) in [5.74, 6) is 0. The van der Waals surface area contributed by atoms with Crippen molar-refractivity contribution in [1.82, 2.24) is 0 Å². The fraction of sp³-hybridized carbons (Fsp3) is 0.273. The van der Waals surface area contributed by atoms with Gasteiger partial charge < -0.3 is 10.6 Å². The maximum Gasteiger partial charge on any atom is 0.0370 e. The van der Waals surface area contributed by atoms with Crippen molar-refractivity contribution in [1.29, 1.82) is 0 Å². The zero-order chi connectivity index (χ0) is 9.68. The van der Waals surface area contributed by atoms with Crippen molar-refractivity contribution in [2.24, 2.45) is 0 Å². The van der Waals surface area contributed by atoms with Crippen LogP contribution in [0, 0.1) is 0 Å². The van der Waals surface area contributed by atoms with Gasteiger partial charge in [-0.1, -0.05) is 6.08 Å². The van der Waals surface area contributed by atoms with Crippen LogP contribution in [-0.4, -0.2) is 13.1 Å². The van der Waals surface area contributed by atoms with E-state index in [1.807, 2.05) is 30.3 Å². The predicted octanol–water partition coefficient (Wildman–Crippen LogP) is 2.28. The number of hydrogen-bond acceptors (Lipinski definition) is 2. The number of anilines is 2. The Balaban J connectivity index is 2.78. The minimum atomic E-state index is 0.804. The Morgan fingerprint density at radius 1 is 1.38 bits per heavy atom. The number of hydrogen-bond donors (Lipinski definition) is 1. The third-order valence-corrected chi connectivity index (χ3v) is 1.99. The Hall–Kier alpha value is -1.44. The molecule has 1 aromatic carbocycles. The Morgan fingerprint density at radius 2 is 2.00 bits per heavy atom. The van der Waals surface area contributed by atoms with Crippen molar-refractivity contribution in [2.45, 2.75) is 6.92 Å². The first-order chi connectivity index (χ1) is 6.27. The van der Waals surface area contributed by atoms with E-state index in [-0.39, 0.29) is 0 Å². The summed E-state index contributed by atoms with van der Waals surface area (Å²) in [6.45, 7) is 7.71. The number of nitrogens with two attached hydrogens (primary N) is 1. The van der Waals surface area contributed by atoms with Crippen LogP contribution in [0.2, 0.25) is 0 Å². The number of benzene rings is 1. The number of nitrogen functional groups attached to an aromatic ring is 1. The van der Waals surface area contributed by atoms with Crippen molar-refractivity contribution < 1.29 is 0 Å². The second kappa shape index (κ2) is 4.55. The van der Waals surface area contributed by atoms with Crippen molar-refractivity contribution >= 4 is 11.4 Å². The van der Waals surface area contributed by atoms with E-state index >= 15 is 0 Å². The number of likely N-dealkylation sites (N-methyl/N-ethyl adjacent to an activating group) is 1. The molecule has 0 saturated heterocycles. The zero-order valence-electron chi connectivity index (χ0n) is 8.03. The van der Waals surface area contributed by atoms with Gasteiger partial charge in [-0.2, -0.15) is 0 Å². The fourth-order valence-corrected chi connectivity index (χ4v) is 1.26. The lowest BCUT2D eigenvalue weighted by Crippen LogP contribution is -2.22. The SMILES string of the molecule is C=CCN(CC)c1ccc(N)cc1. The summed E-state index contributed by atoms with van der Waals surface area (Å²) in [4.78, 5) is 2.23. The van der Waals surface area contributed by atoms with Gasteiger partial charge in [0.15, 0.2) is 0 Å². The molecule has 0 aliphatic carbocycles. The van der Waals surface area contributed by atoms with Crippen LogP contribution in [0.15, 0.2) is 36.9 Å². The average Bonchev–Trinajstić information content (AvgIpc) is 2.16. The van der Waals surface area contributed by atoms with Gasteiger partial charge in [-0.25, -0.2) is 0 Å². The lowest BCUT2D eigenvalue weighted by Gasteiger charge is -2.21. The van der Waals surface area contributed by atoms with E-state index in [0.29, 0.717) is 0 Å². The molecule has 13 heavy (non-hydrogen) atoms. The first-order valence-electron chi connectivity index (χ1n) is 4.49. The highest BCUT2D eigenvalue weighted by Gasteiger charge is 2.00. The molecule has 0 spiro atoms. The van der Waals surface area contributed by atoms with Crippen LogP contribution >= 0.6 is 0 Å². The lowest BCUT2D eigenvalue weighted by molar-refractivity contribution is 0.907. The predicted molar refractivity (Wildman–Crippen MR) is 58.9 cm³/mol. The van der Waals surface area contributed by atoms with Crippen molar-refractivity contribution in [3.8, 4) is 0 Å². The third kappa shape index (κ3) is 2.51. The minimum Gasteiger partial charge on any atom is -0.399 e. The Bertz CT molecular complexity index is 264. The standard InChI is InChI=1S/C11H16N2/c1-3-9-13(4-2)11-7-5-10(12)6-8-11/h3,5-8H,1,4,9,12H2,2H3. The highest BCUT2D eigenvalue weighted by molar-refractivity contribution is 5.53. The number of nitrogens with zero attached hydrogens (tertiary/aromatic N) is 1. The number of rotatable bonds is 4. The molecule has 2 heteroatoms. The molecule has 2 nitrogen and oxygen atoms in total. The highest BCUT2D eigenvalue weighted by Crippen LogP contribution is 2.15. The maximum atomic E-state index is 5.60. The summed E-state index contributed by atoms with van der Waals surface area (Å²) in [6, 6.07) is 7.90. The third-order valence-electron chi connectivity index (χ3n) is 1.99. The molecular formula is C11H16N2. The summed E-state index contributed by atoms with van der Waals surface area (Å²) < 4.78 is 0. The van der Waals surface area contributed by atoms with Gasteiger partial charge in [0.25, 0.3) is 0 Å². The lowest BCUT2D eigenvalue weighted by atomic mass is 10.2. The quantitative estimate of drug-likeness (QED) is 0.563. The van der Waals surface area contributed by atoms with E-state index in [1.165, 1.54) is 5.69 Å². The molecule has 0 fully saturated rings. The van der Waals surface area contributed by atoms with Crippen LogP contribution in [0.1, 0.15) is 6.92 Å². The molecule has 0 aromatic heterocycles. The molecule has 70 valence electrons. The van der Waals surface area contributed by atoms with E-state index in [9.17, 15) is 0 Å². The first kappa shape index (κ1) is 9.65. The smallest absolute Gasteiger partial charge is 0.0370 e. The summed E-state index contributed by atoms with van der Waals surface area (Å²) in [6.07, 6.45) is 1.90. The monoisotopic (exact) mass is 176 g/mol. The molecular weight excluding hydrogens is 160 g/mol. The summed E-state index contributed by atoms with van der Waals surface area (Å²) >= 11 is 0. The Morgan fingerprint density at radius 3 is 2.46 bits per heavy atom. The molecule has 0 aliphatic rings. The summed E-state index contributed by atoms with van der Waals surface area (Å²) in [5, 5.41) is 0. The molecule has 2 N–H and O–H groups in total. The van der Waals surface area contributed by atoms with E-state index < -0.39 is 0 Å². The van der Waals surface area contributed by atoms with Gasteiger partial charge in [0.1, 0.15) is 0 Å². The van der Waals surface area contributed by atoms with E-state index in [0.717, 1.165) is 18.8 Å². The molecule has 0 aliphatic heterocycles. The van der Waals surface area contributed by atoms with Crippen LogP contribution < -0.4 is 10.6 Å². The molecule has 0 bridgehead atoms. The molecule has 0 saturated carbocycles. The van der Waals surface area contributed by atoms with Gasteiger partial charge in [-0.05, 0) is 31.2 Å². The van der Waals surface area contributed by atoms with Crippen LogP contribution in [0.4, 0.5) is 11.4 Å². The molecule has 1 rings (SSSR count).